The highest BCUT2D eigenvalue weighted by molar-refractivity contribution is 7.17. The van der Waals surface area contributed by atoms with Gasteiger partial charge in [-0.05, 0) is 38.1 Å². The number of hydrogen-bond donors (Lipinski definition) is 2. The summed E-state index contributed by atoms with van der Waals surface area (Å²) in [5.41, 5.74) is -0.190. The van der Waals surface area contributed by atoms with Gasteiger partial charge in [-0.3, -0.25) is 4.79 Å². The van der Waals surface area contributed by atoms with Gasteiger partial charge in [0.05, 0.1) is 12.3 Å². The lowest BCUT2D eigenvalue weighted by molar-refractivity contribution is -0.162. The first-order chi connectivity index (χ1) is 12.8. The number of carbonyl (C=O) groups excluding carboxylic acids is 1. The fraction of sp³-hybridized carbons (Fsp3) is 0.421. The van der Waals surface area contributed by atoms with Crippen molar-refractivity contribution in [2.75, 3.05) is 19.7 Å². The molecule has 7 nitrogen and oxygen atoms in total. The molecule has 27 heavy (non-hydrogen) atoms. The first-order valence-corrected chi connectivity index (χ1v) is 9.61. The van der Waals surface area contributed by atoms with Crippen molar-refractivity contribution in [2.45, 2.75) is 32.3 Å². The van der Waals surface area contributed by atoms with Crippen LogP contribution in [0, 0.1) is 6.92 Å². The molecule has 0 aliphatic carbocycles. The van der Waals surface area contributed by atoms with Gasteiger partial charge in [0, 0.05) is 31.5 Å². The van der Waals surface area contributed by atoms with E-state index in [1.807, 2.05) is 31.2 Å². The monoisotopic (exact) mass is 390 g/mol. The predicted octanol–water partition coefficient (Wildman–Crippen LogP) is 2.57. The molecule has 1 aliphatic heterocycles. The van der Waals surface area contributed by atoms with Crippen molar-refractivity contribution in [3.8, 4) is 16.3 Å². The van der Waals surface area contributed by atoms with Crippen molar-refractivity contribution in [1.82, 2.24) is 9.88 Å². The number of nitrogens with zero attached hydrogens (tertiary/aromatic N) is 2. The Hall–Kier alpha value is -2.45. The van der Waals surface area contributed by atoms with Gasteiger partial charge >= 0.3 is 5.97 Å². The van der Waals surface area contributed by atoms with E-state index in [0.717, 1.165) is 16.3 Å². The Morgan fingerprint density at radius 1 is 1.26 bits per heavy atom. The number of aliphatic hydroxyl groups is 1. The second kappa shape index (κ2) is 7.66. The van der Waals surface area contributed by atoms with Crippen LogP contribution in [0.4, 0.5) is 0 Å². The Morgan fingerprint density at radius 2 is 1.89 bits per heavy atom. The van der Waals surface area contributed by atoms with Crippen LogP contribution >= 0.6 is 11.3 Å². The molecule has 2 heterocycles. The second-order valence-electron chi connectivity index (χ2n) is 6.52. The van der Waals surface area contributed by atoms with Crippen LogP contribution in [0.25, 0.3) is 10.6 Å². The lowest BCUT2D eigenvalue weighted by Crippen LogP contribution is -2.50. The number of aromatic nitrogens is 1. The molecule has 1 saturated heterocycles. The Balaban J connectivity index is 1.74. The standard InChI is InChI=1S/C19H22N2O5S/c1-3-26-14-6-4-13(5-7-14)16-20-12(2)15(27-16)17(22)21-10-8-19(25,9-11-21)18(23)24/h4-7,25H,3,8-11H2,1-2H3,(H,23,24). The van der Waals surface area contributed by atoms with Crippen molar-refractivity contribution < 1.29 is 24.5 Å². The van der Waals surface area contributed by atoms with Crippen LogP contribution < -0.4 is 4.74 Å². The Morgan fingerprint density at radius 3 is 2.44 bits per heavy atom. The quantitative estimate of drug-likeness (QED) is 0.814. The molecule has 2 aromatic rings. The number of carboxylic acid groups (broad SMARTS) is 1. The first-order valence-electron chi connectivity index (χ1n) is 8.80. The van der Waals surface area contributed by atoms with Gasteiger partial charge in [-0.1, -0.05) is 0 Å². The topological polar surface area (TPSA) is 100.0 Å². The van der Waals surface area contributed by atoms with Gasteiger partial charge in [-0.25, -0.2) is 9.78 Å². The van der Waals surface area contributed by atoms with Gasteiger partial charge in [0.1, 0.15) is 15.6 Å². The number of likely N-dealkylation sites (tertiary alicyclic amines) is 1. The predicted molar refractivity (Wildman–Crippen MR) is 101 cm³/mol. The van der Waals surface area contributed by atoms with E-state index >= 15 is 0 Å². The van der Waals surface area contributed by atoms with Crippen molar-refractivity contribution in [3.63, 3.8) is 0 Å². The molecular formula is C19H22N2O5S. The number of aliphatic carboxylic acids is 1. The highest BCUT2D eigenvalue weighted by atomic mass is 32.1. The lowest BCUT2D eigenvalue weighted by atomic mass is 9.91. The van der Waals surface area contributed by atoms with Crippen LogP contribution in [0.2, 0.25) is 0 Å². The SMILES string of the molecule is CCOc1ccc(-c2nc(C)c(C(=O)N3CCC(O)(C(=O)O)CC3)s2)cc1. The lowest BCUT2D eigenvalue weighted by Gasteiger charge is -2.35. The molecule has 0 saturated carbocycles. The minimum absolute atomic E-state index is 0.0255. The number of hydrogen-bond acceptors (Lipinski definition) is 6. The third-order valence-corrected chi connectivity index (χ3v) is 5.87. The number of thiazole rings is 1. The van der Waals surface area contributed by atoms with Crippen molar-refractivity contribution in [1.29, 1.82) is 0 Å². The van der Waals surface area contributed by atoms with E-state index in [1.54, 1.807) is 11.8 Å². The third kappa shape index (κ3) is 3.96. The fourth-order valence-corrected chi connectivity index (χ4v) is 4.06. The number of piperidine rings is 1. The molecule has 1 fully saturated rings. The first kappa shape index (κ1) is 19.3. The minimum atomic E-state index is -1.74. The summed E-state index contributed by atoms with van der Waals surface area (Å²) >= 11 is 1.32. The summed E-state index contributed by atoms with van der Waals surface area (Å²) in [6, 6.07) is 7.56. The van der Waals surface area contributed by atoms with Crippen LogP contribution in [0.15, 0.2) is 24.3 Å². The van der Waals surface area contributed by atoms with Crippen LogP contribution in [-0.2, 0) is 4.79 Å². The number of aryl methyl sites for hydroxylation is 1. The van der Waals surface area contributed by atoms with E-state index in [2.05, 4.69) is 4.98 Å². The van der Waals surface area contributed by atoms with Gasteiger partial charge in [-0.15, -0.1) is 11.3 Å². The fourth-order valence-electron chi connectivity index (χ4n) is 3.02. The summed E-state index contributed by atoms with van der Waals surface area (Å²) in [5.74, 6) is -0.624. The summed E-state index contributed by atoms with van der Waals surface area (Å²) in [6.45, 7) is 4.73. The summed E-state index contributed by atoms with van der Waals surface area (Å²) < 4.78 is 5.44. The van der Waals surface area contributed by atoms with Crippen molar-refractivity contribution >= 4 is 23.2 Å². The smallest absolute Gasteiger partial charge is 0.335 e. The maximum absolute atomic E-state index is 12.8. The van der Waals surface area contributed by atoms with Crippen molar-refractivity contribution in [3.05, 3.63) is 34.8 Å². The molecule has 0 spiro atoms. The maximum atomic E-state index is 12.8. The largest absolute Gasteiger partial charge is 0.494 e. The average Bonchev–Trinajstić information content (AvgIpc) is 3.04. The molecular weight excluding hydrogens is 368 g/mol. The number of amides is 1. The molecule has 1 aliphatic rings. The number of ether oxygens (including phenoxy) is 1. The Bertz CT molecular complexity index is 838. The van der Waals surface area contributed by atoms with Crippen LogP contribution in [-0.4, -0.2) is 57.3 Å². The molecule has 0 unspecified atom stereocenters. The molecule has 2 N–H and O–H groups in total. The number of carboxylic acids is 1. The van der Waals surface area contributed by atoms with Crippen LogP contribution in [0.1, 0.15) is 35.1 Å². The third-order valence-electron chi connectivity index (χ3n) is 4.68. The molecule has 3 rings (SSSR count). The highest BCUT2D eigenvalue weighted by Crippen LogP contribution is 2.31. The van der Waals surface area contributed by atoms with Crippen molar-refractivity contribution in [2.24, 2.45) is 0 Å². The minimum Gasteiger partial charge on any atom is -0.494 e. The molecule has 0 radical (unpaired) electrons. The zero-order valence-corrected chi connectivity index (χ0v) is 16.1. The number of carbonyl (C=O) groups is 2. The number of benzene rings is 1. The normalized spacial score (nSPS) is 16.2. The van der Waals surface area contributed by atoms with E-state index in [-0.39, 0.29) is 31.8 Å². The summed E-state index contributed by atoms with van der Waals surface area (Å²) in [4.78, 5) is 30.6. The molecule has 8 heteroatoms. The zero-order chi connectivity index (χ0) is 19.6. The van der Waals surface area contributed by atoms with E-state index < -0.39 is 11.6 Å². The average molecular weight is 390 g/mol. The van der Waals surface area contributed by atoms with Gasteiger partial charge < -0.3 is 19.8 Å². The molecule has 144 valence electrons. The van der Waals surface area contributed by atoms with E-state index in [0.29, 0.717) is 17.2 Å². The highest BCUT2D eigenvalue weighted by Gasteiger charge is 2.41. The molecule has 1 aromatic carbocycles. The van der Waals surface area contributed by atoms with Gasteiger partial charge in [-0.2, -0.15) is 0 Å². The zero-order valence-electron chi connectivity index (χ0n) is 15.3. The van der Waals surface area contributed by atoms with E-state index in [9.17, 15) is 14.7 Å². The van der Waals surface area contributed by atoms with E-state index in [4.69, 9.17) is 9.84 Å². The maximum Gasteiger partial charge on any atom is 0.335 e. The van der Waals surface area contributed by atoms with Gasteiger partial charge in [0.2, 0.25) is 0 Å². The summed E-state index contributed by atoms with van der Waals surface area (Å²) in [7, 11) is 0. The van der Waals surface area contributed by atoms with Gasteiger partial charge in [0.15, 0.2) is 5.60 Å². The molecule has 0 bridgehead atoms. The summed E-state index contributed by atoms with van der Waals surface area (Å²) in [6.07, 6.45) is 0.0509. The number of rotatable bonds is 5. The molecule has 1 aromatic heterocycles. The van der Waals surface area contributed by atoms with Crippen LogP contribution in [0.5, 0.6) is 5.75 Å². The second-order valence-corrected chi connectivity index (χ2v) is 7.52. The molecule has 1 amide bonds. The molecule has 0 atom stereocenters. The Labute approximate surface area is 161 Å². The Kier molecular flexibility index (Phi) is 5.48. The van der Waals surface area contributed by atoms with E-state index in [1.165, 1.54) is 11.3 Å². The van der Waals surface area contributed by atoms with Gasteiger partial charge in [0.25, 0.3) is 5.91 Å². The summed E-state index contributed by atoms with van der Waals surface area (Å²) in [5, 5.41) is 19.9. The van der Waals surface area contributed by atoms with Crippen LogP contribution in [0.3, 0.4) is 0 Å².